The number of ether oxygens (including phenoxy) is 1. The number of hydrogen-bond acceptors (Lipinski definition) is 4. The normalized spacial score (nSPS) is 17.0. The summed E-state index contributed by atoms with van der Waals surface area (Å²) in [6, 6.07) is 14.1. The van der Waals surface area contributed by atoms with Crippen LogP contribution < -0.4 is 10.5 Å². The average Bonchev–Trinajstić information content (AvgIpc) is 2.87. The van der Waals surface area contributed by atoms with E-state index in [-0.39, 0.29) is 24.3 Å². The molecule has 1 aliphatic carbocycles. The summed E-state index contributed by atoms with van der Waals surface area (Å²) in [5.41, 5.74) is 7.15. The molecule has 2 aromatic carbocycles. The van der Waals surface area contributed by atoms with Crippen molar-refractivity contribution >= 4 is 17.7 Å². The number of piperazine rings is 1. The van der Waals surface area contributed by atoms with Crippen molar-refractivity contribution in [3.8, 4) is 5.75 Å². The molecular formula is C26H31N3O4. The van der Waals surface area contributed by atoms with Crippen LogP contribution in [0, 0.1) is 5.92 Å². The van der Waals surface area contributed by atoms with Crippen LogP contribution in [0.1, 0.15) is 58.4 Å². The number of nitrogens with zero attached hydrogens (tertiary/aromatic N) is 2. The molecule has 1 saturated heterocycles. The molecule has 7 heteroatoms. The van der Waals surface area contributed by atoms with Gasteiger partial charge in [-0.3, -0.25) is 14.4 Å². The van der Waals surface area contributed by atoms with E-state index in [1.165, 1.54) is 6.42 Å². The van der Waals surface area contributed by atoms with Crippen LogP contribution in [0.3, 0.4) is 0 Å². The SMILES string of the molecule is NC(=O)c1ccccc1OCc1cccc(C(=O)N2CCN(C(=O)C3CCCCC3)CC2)c1. The molecule has 4 rings (SSSR count). The number of carbonyl (C=O) groups is 3. The molecule has 1 heterocycles. The number of rotatable bonds is 6. The molecular weight excluding hydrogens is 418 g/mol. The van der Waals surface area contributed by atoms with Gasteiger partial charge in [-0.2, -0.15) is 0 Å². The zero-order chi connectivity index (χ0) is 23.2. The first-order valence-electron chi connectivity index (χ1n) is 11.7. The summed E-state index contributed by atoms with van der Waals surface area (Å²) in [6.07, 6.45) is 5.51. The lowest BCUT2D eigenvalue weighted by Gasteiger charge is -2.37. The Morgan fingerprint density at radius 2 is 1.58 bits per heavy atom. The van der Waals surface area contributed by atoms with Gasteiger partial charge in [-0.15, -0.1) is 0 Å². The van der Waals surface area contributed by atoms with E-state index in [0.717, 1.165) is 31.2 Å². The summed E-state index contributed by atoms with van der Waals surface area (Å²) in [6.45, 7) is 2.49. The van der Waals surface area contributed by atoms with Crippen LogP contribution in [0.25, 0.3) is 0 Å². The van der Waals surface area contributed by atoms with Crippen molar-refractivity contribution in [2.45, 2.75) is 38.7 Å². The van der Waals surface area contributed by atoms with Gasteiger partial charge >= 0.3 is 0 Å². The van der Waals surface area contributed by atoms with E-state index >= 15 is 0 Å². The van der Waals surface area contributed by atoms with Crippen LogP contribution in [0.5, 0.6) is 5.75 Å². The van der Waals surface area contributed by atoms with Gasteiger partial charge in [-0.25, -0.2) is 0 Å². The van der Waals surface area contributed by atoms with Gasteiger partial charge < -0.3 is 20.3 Å². The summed E-state index contributed by atoms with van der Waals surface area (Å²) >= 11 is 0. The van der Waals surface area contributed by atoms with Gasteiger partial charge in [-0.05, 0) is 42.7 Å². The highest BCUT2D eigenvalue weighted by atomic mass is 16.5. The zero-order valence-corrected chi connectivity index (χ0v) is 18.9. The molecule has 0 bridgehead atoms. The second-order valence-corrected chi connectivity index (χ2v) is 8.80. The first-order chi connectivity index (χ1) is 16.0. The highest BCUT2D eigenvalue weighted by Crippen LogP contribution is 2.26. The number of nitrogens with two attached hydrogens (primary N) is 1. The van der Waals surface area contributed by atoms with Crippen LogP contribution in [0.15, 0.2) is 48.5 Å². The van der Waals surface area contributed by atoms with Gasteiger partial charge in [0, 0.05) is 37.7 Å². The fourth-order valence-corrected chi connectivity index (χ4v) is 4.67. The molecule has 0 aromatic heterocycles. The lowest BCUT2D eigenvalue weighted by atomic mass is 9.88. The van der Waals surface area contributed by atoms with Gasteiger partial charge in [0.15, 0.2) is 0 Å². The number of hydrogen-bond donors (Lipinski definition) is 1. The second-order valence-electron chi connectivity index (χ2n) is 8.80. The minimum Gasteiger partial charge on any atom is -0.488 e. The Kier molecular flexibility index (Phi) is 7.27. The van der Waals surface area contributed by atoms with E-state index in [0.29, 0.717) is 43.1 Å². The molecule has 2 aliphatic rings. The highest BCUT2D eigenvalue weighted by Gasteiger charge is 2.30. The first kappa shape index (κ1) is 22.8. The minimum atomic E-state index is -0.546. The Morgan fingerprint density at radius 1 is 0.879 bits per heavy atom. The maximum absolute atomic E-state index is 13.1. The van der Waals surface area contributed by atoms with Crippen molar-refractivity contribution in [1.82, 2.24) is 9.80 Å². The lowest BCUT2D eigenvalue weighted by Crippen LogP contribution is -2.52. The topological polar surface area (TPSA) is 92.9 Å². The maximum Gasteiger partial charge on any atom is 0.253 e. The van der Waals surface area contributed by atoms with Crippen LogP contribution in [-0.2, 0) is 11.4 Å². The van der Waals surface area contributed by atoms with Gasteiger partial charge in [0.05, 0.1) is 5.56 Å². The van der Waals surface area contributed by atoms with Crippen molar-refractivity contribution in [2.75, 3.05) is 26.2 Å². The van der Waals surface area contributed by atoms with E-state index in [2.05, 4.69) is 0 Å². The quantitative estimate of drug-likeness (QED) is 0.733. The minimum absolute atomic E-state index is 0.0425. The number of primary amides is 1. The fraction of sp³-hybridized carbons (Fsp3) is 0.423. The van der Waals surface area contributed by atoms with Crippen molar-refractivity contribution < 1.29 is 19.1 Å². The Bertz CT molecular complexity index is 1010. The molecule has 33 heavy (non-hydrogen) atoms. The van der Waals surface area contributed by atoms with Crippen LogP contribution in [0.4, 0.5) is 0 Å². The summed E-state index contributed by atoms with van der Waals surface area (Å²) in [4.78, 5) is 41.2. The number of carbonyl (C=O) groups excluding carboxylic acids is 3. The molecule has 7 nitrogen and oxygen atoms in total. The molecule has 0 radical (unpaired) electrons. The van der Waals surface area contributed by atoms with Gasteiger partial charge in [-0.1, -0.05) is 43.5 Å². The number of benzene rings is 2. The summed E-state index contributed by atoms with van der Waals surface area (Å²) < 4.78 is 5.79. The second kappa shape index (κ2) is 10.5. The number of para-hydroxylation sites is 1. The fourth-order valence-electron chi connectivity index (χ4n) is 4.67. The highest BCUT2D eigenvalue weighted by molar-refractivity contribution is 5.95. The van der Waals surface area contributed by atoms with E-state index in [4.69, 9.17) is 10.5 Å². The standard InChI is InChI=1S/C26H31N3O4/c27-24(30)22-11-4-5-12-23(22)33-18-19-7-6-10-21(17-19)26(32)29-15-13-28(14-16-29)25(31)20-8-2-1-3-9-20/h4-7,10-12,17,20H,1-3,8-9,13-16,18H2,(H2,27,30). The third kappa shape index (κ3) is 5.53. The molecule has 0 atom stereocenters. The first-order valence-corrected chi connectivity index (χ1v) is 11.7. The van der Waals surface area contributed by atoms with E-state index in [1.807, 2.05) is 28.0 Å². The number of amides is 3. The Morgan fingerprint density at radius 3 is 2.30 bits per heavy atom. The zero-order valence-electron chi connectivity index (χ0n) is 18.9. The molecule has 2 N–H and O–H groups in total. The predicted molar refractivity (Wildman–Crippen MR) is 125 cm³/mol. The molecule has 3 amide bonds. The van der Waals surface area contributed by atoms with Crippen molar-refractivity contribution in [3.63, 3.8) is 0 Å². The third-order valence-corrected chi connectivity index (χ3v) is 6.55. The van der Waals surface area contributed by atoms with Crippen molar-refractivity contribution in [1.29, 1.82) is 0 Å². The van der Waals surface area contributed by atoms with E-state index < -0.39 is 5.91 Å². The molecule has 2 aromatic rings. The van der Waals surface area contributed by atoms with Crippen LogP contribution >= 0.6 is 0 Å². The monoisotopic (exact) mass is 449 g/mol. The molecule has 0 unspecified atom stereocenters. The van der Waals surface area contributed by atoms with Crippen LogP contribution in [-0.4, -0.2) is 53.7 Å². The molecule has 1 saturated carbocycles. The summed E-state index contributed by atoms with van der Waals surface area (Å²) in [5, 5.41) is 0. The van der Waals surface area contributed by atoms with Crippen molar-refractivity contribution in [3.05, 3.63) is 65.2 Å². The molecule has 0 spiro atoms. The van der Waals surface area contributed by atoms with Crippen molar-refractivity contribution in [2.24, 2.45) is 11.7 Å². The Balaban J connectivity index is 1.33. The van der Waals surface area contributed by atoms with Gasteiger partial charge in [0.1, 0.15) is 12.4 Å². The maximum atomic E-state index is 13.1. The smallest absolute Gasteiger partial charge is 0.253 e. The predicted octanol–water partition coefficient (Wildman–Crippen LogP) is 3.23. The molecule has 2 fully saturated rings. The van der Waals surface area contributed by atoms with E-state index in [1.54, 1.807) is 30.3 Å². The lowest BCUT2D eigenvalue weighted by molar-refractivity contribution is -0.138. The summed E-state index contributed by atoms with van der Waals surface area (Å²) in [7, 11) is 0. The molecule has 1 aliphatic heterocycles. The average molecular weight is 450 g/mol. The third-order valence-electron chi connectivity index (χ3n) is 6.55. The summed E-state index contributed by atoms with van der Waals surface area (Å²) in [5.74, 6) is 0.254. The van der Waals surface area contributed by atoms with Crippen LogP contribution in [0.2, 0.25) is 0 Å². The van der Waals surface area contributed by atoms with Gasteiger partial charge in [0.25, 0.3) is 11.8 Å². The largest absolute Gasteiger partial charge is 0.488 e. The van der Waals surface area contributed by atoms with Gasteiger partial charge in [0.2, 0.25) is 5.91 Å². The van der Waals surface area contributed by atoms with E-state index in [9.17, 15) is 14.4 Å². The molecule has 174 valence electrons. The Labute approximate surface area is 194 Å². The Hall–Kier alpha value is -3.35.